The molecule has 1 saturated carbocycles. The van der Waals surface area contributed by atoms with Gasteiger partial charge < -0.3 is 19.1 Å². The molecule has 0 aromatic heterocycles. The second-order valence-corrected chi connectivity index (χ2v) is 6.88. The van der Waals surface area contributed by atoms with E-state index in [2.05, 4.69) is 0 Å². The van der Waals surface area contributed by atoms with E-state index in [4.69, 9.17) is 14.2 Å². The first-order valence-electron chi connectivity index (χ1n) is 9.39. The number of nitrogens with zero attached hydrogens (tertiary/aromatic N) is 1. The molecule has 0 spiro atoms. The van der Waals surface area contributed by atoms with Crippen LogP contribution in [0.15, 0.2) is 36.4 Å². The summed E-state index contributed by atoms with van der Waals surface area (Å²) < 4.78 is 30.1. The van der Waals surface area contributed by atoms with E-state index < -0.39 is 0 Å². The van der Waals surface area contributed by atoms with Crippen LogP contribution in [0.2, 0.25) is 0 Å². The standard InChI is InChI=1S/C22H26FNO4/c1-26-19-12-15(13-20(27-2)22(19)28-3)8-11-21(25)24(17-9-10-17)14-16-6-4-5-7-18(16)23/h4-7,12-13,17H,8-11,14H2,1-3H3. The lowest BCUT2D eigenvalue weighted by atomic mass is 10.1. The molecule has 2 aromatic carbocycles. The fraction of sp³-hybridized carbons (Fsp3) is 0.409. The van der Waals surface area contributed by atoms with E-state index in [9.17, 15) is 9.18 Å². The Morgan fingerprint density at radius 2 is 1.71 bits per heavy atom. The molecule has 6 heteroatoms. The Labute approximate surface area is 165 Å². The molecule has 150 valence electrons. The van der Waals surface area contributed by atoms with Gasteiger partial charge in [-0.15, -0.1) is 0 Å². The number of benzene rings is 2. The lowest BCUT2D eigenvalue weighted by molar-refractivity contribution is -0.132. The Bertz CT molecular complexity index is 810. The number of methoxy groups -OCH3 is 3. The molecule has 0 aliphatic heterocycles. The number of carbonyl (C=O) groups excluding carboxylic acids is 1. The van der Waals surface area contributed by atoms with Gasteiger partial charge in [-0.2, -0.15) is 0 Å². The van der Waals surface area contributed by atoms with Gasteiger partial charge in [0.25, 0.3) is 0 Å². The van der Waals surface area contributed by atoms with E-state index in [-0.39, 0.29) is 17.8 Å². The van der Waals surface area contributed by atoms with Crippen LogP contribution in [0.5, 0.6) is 17.2 Å². The quantitative estimate of drug-likeness (QED) is 0.653. The van der Waals surface area contributed by atoms with Crippen molar-refractivity contribution >= 4 is 5.91 Å². The van der Waals surface area contributed by atoms with Crippen molar-refractivity contribution < 1.29 is 23.4 Å². The molecule has 1 aliphatic rings. The van der Waals surface area contributed by atoms with Crippen LogP contribution in [0, 0.1) is 5.82 Å². The molecule has 1 fully saturated rings. The Morgan fingerprint density at radius 3 is 2.25 bits per heavy atom. The van der Waals surface area contributed by atoms with Crippen LogP contribution in [-0.2, 0) is 17.8 Å². The van der Waals surface area contributed by atoms with Crippen molar-refractivity contribution in [3.05, 3.63) is 53.3 Å². The summed E-state index contributed by atoms with van der Waals surface area (Å²) in [7, 11) is 4.69. The number of ether oxygens (including phenoxy) is 3. The molecule has 0 N–H and O–H groups in total. The molecule has 0 unspecified atom stereocenters. The summed E-state index contributed by atoms with van der Waals surface area (Å²) in [5, 5.41) is 0. The minimum Gasteiger partial charge on any atom is -0.493 e. The summed E-state index contributed by atoms with van der Waals surface area (Å²) >= 11 is 0. The molecule has 0 saturated heterocycles. The number of amides is 1. The third-order valence-electron chi connectivity index (χ3n) is 4.96. The molecule has 5 nitrogen and oxygen atoms in total. The van der Waals surface area contributed by atoms with Gasteiger partial charge in [0.1, 0.15) is 5.82 Å². The monoisotopic (exact) mass is 387 g/mol. The lowest BCUT2D eigenvalue weighted by Crippen LogP contribution is -2.33. The summed E-state index contributed by atoms with van der Waals surface area (Å²) in [4.78, 5) is 14.7. The van der Waals surface area contributed by atoms with Crippen LogP contribution in [0.25, 0.3) is 0 Å². The molecular weight excluding hydrogens is 361 g/mol. The van der Waals surface area contributed by atoms with Gasteiger partial charge in [-0.25, -0.2) is 4.39 Å². The molecule has 3 rings (SSSR count). The third-order valence-corrected chi connectivity index (χ3v) is 4.96. The maximum atomic E-state index is 14.0. The summed E-state index contributed by atoms with van der Waals surface area (Å²) in [5.74, 6) is 1.41. The SMILES string of the molecule is COc1cc(CCC(=O)N(Cc2ccccc2F)C2CC2)cc(OC)c1OC. The van der Waals surface area contributed by atoms with E-state index in [1.807, 2.05) is 12.1 Å². The van der Waals surface area contributed by atoms with E-state index in [1.54, 1.807) is 44.4 Å². The molecule has 0 heterocycles. The minimum absolute atomic E-state index is 0.0273. The van der Waals surface area contributed by atoms with E-state index in [0.717, 1.165) is 18.4 Å². The maximum absolute atomic E-state index is 14.0. The van der Waals surface area contributed by atoms with Gasteiger partial charge in [-0.1, -0.05) is 18.2 Å². The van der Waals surface area contributed by atoms with Crippen molar-refractivity contribution in [2.45, 2.75) is 38.3 Å². The van der Waals surface area contributed by atoms with Crippen LogP contribution >= 0.6 is 0 Å². The zero-order valence-electron chi connectivity index (χ0n) is 16.5. The molecule has 0 atom stereocenters. The van der Waals surface area contributed by atoms with Gasteiger partial charge in [0, 0.05) is 24.6 Å². The number of hydrogen-bond acceptors (Lipinski definition) is 4. The van der Waals surface area contributed by atoms with Crippen molar-refractivity contribution in [2.24, 2.45) is 0 Å². The van der Waals surface area contributed by atoms with Gasteiger partial charge >= 0.3 is 0 Å². The predicted molar refractivity (Wildman–Crippen MR) is 104 cm³/mol. The van der Waals surface area contributed by atoms with Crippen molar-refractivity contribution in [3.8, 4) is 17.2 Å². The molecule has 28 heavy (non-hydrogen) atoms. The Kier molecular flexibility index (Phi) is 6.39. The number of aryl methyl sites for hydroxylation is 1. The van der Waals surface area contributed by atoms with E-state index in [0.29, 0.717) is 42.2 Å². The average molecular weight is 387 g/mol. The van der Waals surface area contributed by atoms with Crippen LogP contribution in [0.1, 0.15) is 30.4 Å². The first-order valence-corrected chi connectivity index (χ1v) is 9.39. The number of carbonyl (C=O) groups is 1. The number of rotatable bonds is 9. The second kappa shape index (κ2) is 8.95. The highest BCUT2D eigenvalue weighted by Gasteiger charge is 2.32. The first kappa shape index (κ1) is 20.0. The van der Waals surface area contributed by atoms with Crippen LogP contribution in [0.4, 0.5) is 4.39 Å². The van der Waals surface area contributed by atoms with E-state index >= 15 is 0 Å². The van der Waals surface area contributed by atoms with Gasteiger partial charge in [-0.05, 0) is 43.0 Å². The van der Waals surface area contributed by atoms with E-state index in [1.165, 1.54) is 6.07 Å². The minimum atomic E-state index is -0.273. The van der Waals surface area contributed by atoms with Crippen LogP contribution < -0.4 is 14.2 Å². The zero-order valence-corrected chi connectivity index (χ0v) is 16.5. The van der Waals surface area contributed by atoms with Gasteiger partial charge in [0.2, 0.25) is 11.7 Å². The summed E-state index contributed by atoms with van der Waals surface area (Å²) in [6.45, 7) is 0.311. The molecule has 0 bridgehead atoms. The van der Waals surface area contributed by atoms with Gasteiger partial charge in [0.15, 0.2) is 11.5 Å². The Hall–Kier alpha value is -2.76. The van der Waals surface area contributed by atoms with Crippen molar-refractivity contribution in [1.29, 1.82) is 0 Å². The normalized spacial score (nSPS) is 13.1. The average Bonchev–Trinajstić information content (AvgIpc) is 3.55. The summed E-state index contributed by atoms with van der Waals surface area (Å²) in [6.07, 6.45) is 2.83. The van der Waals surface area contributed by atoms with Gasteiger partial charge in [-0.3, -0.25) is 4.79 Å². The molecule has 1 aliphatic carbocycles. The topological polar surface area (TPSA) is 48.0 Å². The first-order chi connectivity index (χ1) is 13.6. The predicted octanol–water partition coefficient (Wildman–Crippen LogP) is 3.98. The van der Waals surface area contributed by atoms with Crippen LogP contribution in [0.3, 0.4) is 0 Å². The fourth-order valence-corrected chi connectivity index (χ4v) is 3.29. The van der Waals surface area contributed by atoms with Crippen molar-refractivity contribution in [2.75, 3.05) is 21.3 Å². The summed E-state index contributed by atoms with van der Waals surface area (Å²) in [5.41, 5.74) is 1.47. The Morgan fingerprint density at radius 1 is 1.07 bits per heavy atom. The zero-order chi connectivity index (χ0) is 20.1. The van der Waals surface area contributed by atoms with Crippen molar-refractivity contribution in [3.63, 3.8) is 0 Å². The third kappa shape index (κ3) is 4.55. The number of halogens is 1. The fourth-order valence-electron chi connectivity index (χ4n) is 3.29. The van der Waals surface area contributed by atoms with Crippen molar-refractivity contribution in [1.82, 2.24) is 4.90 Å². The highest BCUT2D eigenvalue weighted by atomic mass is 19.1. The van der Waals surface area contributed by atoms with Crippen LogP contribution in [-0.4, -0.2) is 38.2 Å². The summed E-state index contributed by atoms with van der Waals surface area (Å²) in [6, 6.07) is 10.5. The highest BCUT2D eigenvalue weighted by molar-refractivity contribution is 5.77. The molecule has 0 radical (unpaired) electrons. The highest BCUT2D eigenvalue weighted by Crippen LogP contribution is 2.38. The Balaban J connectivity index is 1.70. The number of hydrogen-bond donors (Lipinski definition) is 0. The van der Waals surface area contributed by atoms with Gasteiger partial charge in [0.05, 0.1) is 21.3 Å². The molecular formula is C22H26FNO4. The maximum Gasteiger partial charge on any atom is 0.223 e. The smallest absolute Gasteiger partial charge is 0.223 e. The molecule has 1 amide bonds. The molecule has 2 aromatic rings. The largest absolute Gasteiger partial charge is 0.493 e. The second-order valence-electron chi connectivity index (χ2n) is 6.88. The lowest BCUT2D eigenvalue weighted by Gasteiger charge is -2.23.